The van der Waals surface area contributed by atoms with E-state index < -0.39 is 54.3 Å². The van der Waals surface area contributed by atoms with Crippen LogP contribution in [-0.2, 0) is 23.7 Å². The fourth-order valence-corrected chi connectivity index (χ4v) is 7.79. The van der Waals surface area contributed by atoms with Crippen molar-refractivity contribution in [3.63, 3.8) is 0 Å². The normalized spacial score (nSPS) is 41.4. The van der Waals surface area contributed by atoms with Crippen molar-refractivity contribution in [3.05, 3.63) is 58.7 Å². The Morgan fingerprint density at radius 1 is 1.15 bits per heavy atom. The number of rotatable bonds is 4. The van der Waals surface area contributed by atoms with Crippen LogP contribution in [0.15, 0.2) is 58.7 Å². The summed E-state index contributed by atoms with van der Waals surface area (Å²) in [5.74, 6) is -2.95. The molecule has 0 aromatic heterocycles. The van der Waals surface area contributed by atoms with Crippen molar-refractivity contribution in [2.24, 2.45) is 23.7 Å². The highest BCUT2D eigenvalue weighted by Gasteiger charge is 2.57. The van der Waals surface area contributed by atoms with Gasteiger partial charge in [-0.25, -0.2) is 0 Å². The van der Waals surface area contributed by atoms with Gasteiger partial charge in [0.1, 0.15) is 29.8 Å². The van der Waals surface area contributed by atoms with Crippen LogP contribution in [0.5, 0.6) is 0 Å². The largest absolute Gasteiger partial charge is 0.462 e. The maximum atomic E-state index is 14.1. The molecule has 258 valence electrons. The molecule has 4 N–H and O–H groups in total. The van der Waals surface area contributed by atoms with Crippen LogP contribution >= 0.6 is 0 Å². The molecule has 2 fully saturated rings. The number of hydrogen-bond donors (Lipinski definition) is 4. The second kappa shape index (κ2) is 15.0. The van der Waals surface area contributed by atoms with E-state index in [1.807, 2.05) is 19.9 Å². The Kier molecular flexibility index (Phi) is 12.0. The number of allylic oxidation sites excluding steroid dienone is 5. The highest BCUT2D eigenvalue weighted by atomic mass is 16.7. The molecule has 0 aromatic rings. The van der Waals surface area contributed by atoms with Crippen LogP contribution in [0.2, 0.25) is 0 Å². The summed E-state index contributed by atoms with van der Waals surface area (Å²) in [5.41, 5.74) is 0.655. The standard InChI is InChI=1S/C37H56O9/c1-21(2)14-24(5)32-26(7)31(39)19-36(46-32)18-29-17-28(45-36)13-12-23(4)15-22(3)10-9-11-27(20-38)37(42)30(35(41)44-29)16-25(6)33(43-8)34(37)40/h9-12,14,16,21-22,26,28-34,38-40,42H,13,15,17-20H2,1-8H3/t22-,26-,28+,29-,30-,31-,32+,33+,34+,36-,37+/m0/s1. The van der Waals surface area contributed by atoms with Crippen molar-refractivity contribution in [1.82, 2.24) is 0 Å². The molecule has 4 rings (SSSR count). The van der Waals surface area contributed by atoms with Gasteiger partial charge in [0.15, 0.2) is 5.79 Å². The molecule has 4 aliphatic rings. The quantitative estimate of drug-likeness (QED) is 0.254. The summed E-state index contributed by atoms with van der Waals surface area (Å²) in [4.78, 5) is 14.1. The topological polar surface area (TPSA) is 135 Å². The SMILES string of the molecule is CO[C@@H]1C(C)=C[C@H]2C(=O)O[C@H]3C[C@@H](CC=C(C)C[C@@H](C)C=CC=C(CO)[C@]2(O)[C@@H]1O)O[C@]1(C3)C[C@H](O)[C@H](C)[C@@H](C(C)=CC(C)C)O1. The number of esters is 1. The molecular formula is C37H56O9. The predicted octanol–water partition coefficient (Wildman–Crippen LogP) is 4.70. The van der Waals surface area contributed by atoms with Crippen LogP contribution in [0.3, 0.4) is 0 Å². The van der Waals surface area contributed by atoms with Gasteiger partial charge in [0.05, 0.1) is 24.9 Å². The number of aliphatic hydroxyl groups is 4. The van der Waals surface area contributed by atoms with Gasteiger partial charge in [-0.05, 0) is 62.2 Å². The van der Waals surface area contributed by atoms with Crippen LogP contribution in [-0.4, -0.2) is 88.1 Å². The van der Waals surface area contributed by atoms with Crippen LogP contribution < -0.4 is 0 Å². The number of ether oxygens (including phenoxy) is 4. The molecule has 0 amide bonds. The van der Waals surface area contributed by atoms with Crippen molar-refractivity contribution < 1.29 is 44.2 Å². The minimum absolute atomic E-state index is 0.0832. The van der Waals surface area contributed by atoms with Gasteiger partial charge in [-0.2, -0.15) is 0 Å². The molecule has 1 aliphatic carbocycles. The summed E-state index contributed by atoms with van der Waals surface area (Å²) in [6, 6.07) is 0. The number of aliphatic hydroxyl groups excluding tert-OH is 3. The van der Waals surface area contributed by atoms with Gasteiger partial charge < -0.3 is 39.4 Å². The Morgan fingerprint density at radius 2 is 1.87 bits per heavy atom. The smallest absolute Gasteiger partial charge is 0.316 e. The lowest BCUT2D eigenvalue weighted by atomic mass is 9.69. The molecule has 2 saturated heterocycles. The van der Waals surface area contributed by atoms with Gasteiger partial charge in [0, 0.05) is 32.3 Å². The number of hydrogen-bond acceptors (Lipinski definition) is 9. The number of methoxy groups -OCH3 is 1. The van der Waals surface area contributed by atoms with Gasteiger partial charge in [-0.1, -0.05) is 69.7 Å². The lowest BCUT2D eigenvalue weighted by molar-refractivity contribution is -0.343. The van der Waals surface area contributed by atoms with E-state index in [2.05, 4.69) is 39.8 Å². The van der Waals surface area contributed by atoms with Crippen molar-refractivity contribution in [2.45, 2.75) is 129 Å². The van der Waals surface area contributed by atoms with Crippen molar-refractivity contribution >= 4 is 5.97 Å². The van der Waals surface area contributed by atoms with Crippen LogP contribution in [0.4, 0.5) is 0 Å². The minimum atomic E-state index is -2.19. The molecule has 0 unspecified atom stereocenters. The highest BCUT2D eigenvalue weighted by molar-refractivity contribution is 5.78. The Hall–Kier alpha value is -2.11. The first-order valence-corrected chi connectivity index (χ1v) is 16.8. The maximum absolute atomic E-state index is 14.1. The average molecular weight is 645 g/mol. The number of carbonyl (C=O) groups excluding carboxylic acids is 1. The van der Waals surface area contributed by atoms with E-state index in [0.717, 1.165) is 12.0 Å². The van der Waals surface area contributed by atoms with E-state index in [-0.39, 0.29) is 42.5 Å². The number of fused-ring (bicyclic) bond motifs is 3. The minimum Gasteiger partial charge on any atom is -0.462 e. The van der Waals surface area contributed by atoms with Gasteiger partial charge in [-0.15, -0.1) is 0 Å². The summed E-state index contributed by atoms with van der Waals surface area (Å²) in [6.07, 6.45) is 8.82. The van der Waals surface area contributed by atoms with Crippen LogP contribution in [0, 0.1) is 23.7 Å². The maximum Gasteiger partial charge on any atom is 0.316 e. The molecule has 3 aliphatic heterocycles. The molecular weight excluding hydrogens is 588 g/mol. The van der Waals surface area contributed by atoms with Crippen molar-refractivity contribution in [3.8, 4) is 0 Å². The van der Waals surface area contributed by atoms with Gasteiger partial charge >= 0.3 is 5.97 Å². The summed E-state index contributed by atoms with van der Waals surface area (Å²) >= 11 is 0. The van der Waals surface area contributed by atoms with Crippen molar-refractivity contribution in [2.75, 3.05) is 13.7 Å². The van der Waals surface area contributed by atoms with Crippen LogP contribution in [0.25, 0.3) is 0 Å². The lowest BCUT2D eigenvalue weighted by Crippen LogP contribution is -2.61. The van der Waals surface area contributed by atoms with Gasteiger partial charge in [0.25, 0.3) is 0 Å². The molecule has 2 bridgehead atoms. The van der Waals surface area contributed by atoms with E-state index in [4.69, 9.17) is 18.9 Å². The second-order valence-electron chi connectivity index (χ2n) is 14.5. The Bertz CT molecular complexity index is 1250. The molecule has 9 heteroatoms. The molecule has 46 heavy (non-hydrogen) atoms. The van der Waals surface area contributed by atoms with E-state index >= 15 is 0 Å². The molecule has 0 saturated carbocycles. The van der Waals surface area contributed by atoms with Gasteiger partial charge in [-0.3, -0.25) is 4.79 Å². The number of carbonyl (C=O) groups is 1. The fraction of sp³-hybridized carbons (Fsp3) is 0.703. The van der Waals surface area contributed by atoms with E-state index in [1.165, 1.54) is 12.7 Å². The lowest BCUT2D eigenvalue weighted by Gasteiger charge is -2.51. The summed E-state index contributed by atoms with van der Waals surface area (Å²) in [5, 5.41) is 45.4. The van der Waals surface area contributed by atoms with E-state index in [9.17, 15) is 25.2 Å². The molecule has 1 spiro atoms. The second-order valence-corrected chi connectivity index (χ2v) is 14.5. The van der Waals surface area contributed by atoms with Crippen molar-refractivity contribution in [1.29, 1.82) is 0 Å². The van der Waals surface area contributed by atoms with E-state index in [0.29, 0.717) is 24.3 Å². The first-order valence-electron chi connectivity index (χ1n) is 16.8. The first kappa shape index (κ1) is 36.7. The molecule has 0 radical (unpaired) electrons. The monoisotopic (exact) mass is 644 g/mol. The molecule has 9 nitrogen and oxygen atoms in total. The average Bonchev–Trinajstić information content (AvgIpc) is 2.97. The third kappa shape index (κ3) is 7.78. The van der Waals surface area contributed by atoms with Crippen LogP contribution in [0.1, 0.15) is 80.6 Å². The Balaban J connectivity index is 1.78. The summed E-state index contributed by atoms with van der Waals surface area (Å²) < 4.78 is 25.2. The Labute approximate surface area is 274 Å². The first-order chi connectivity index (χ1) is 21.6. The highest BCUT2D eigenvalue weighted by Crippen LogP contribution is 2.46. The molecule has 3 heterocycles. The zero-order valence-electron chi connectivity index (χ0n) is 28.8. The third-order valence-electron chi connectivity index (χ3n) is 10.1. The zero-order valence-corrected chi connectivity index (χ0v) is 28.8. The fourth-order valence-electron chi connectivity index (χ4n) is 7.79. The summed E-state index contributed by atoms with van der Waals surface area (Å²) in [7, 11) is 1.43. The molecule has 0 aromatic carbocycles. The zero-order chi connectivity index (χ0) is 34.0. The van der Waals surface area contributed by atoms with Gasteiger partial charge in [0.2, 0.25) is 0 Å². The van der Waals surface area contributed by atoms with E-state index in [1.54, 1.807) is 25.2 Å². The molecule has 11 atom stereocenters. The third-order valence-corrected chi connectivity index (χ3v) is 10.1. The summed E-state index contributed by atoms with van der Waals surface area (Å²) in [6.45, 7) is 13.5. The Morgan fingerprint density at radius 3 is 2.52 bits per heavy atom. The predicted molar refractivity (Wildman–Crippen MR) is 175 cm³/mol.